The maximum Gasteiger partial charge on any atom is 0.330 e. The van der Waals surface area contributed by atoms with E-state index in [9.17, 15) is 95.8 Å². The second-order valence-electron chi connectivity index (χ2n) is 30.0. The quantitative estimate of drug-likeness (QED) is 0.0632. The van der Waals surface area contributed by atoms with Crippen molar-refractivity contribution in [2.24, 2.45) is 5.73 Å². The number of nitrogens with one attached hydrogen (secondary N) is 8. The Balaban J connectivity index is 1.05. The van der Waals surface area contributed by atoms with Gasteiger partial charge in [-0.05, 0) is 112 Å². The van der Waals surface area contributed by atoms with Gasteiger partial charge < -0.3 is 167 Å². The summed E-state index contributed by atoms with van der Waals surface area (Å²) in [7, 11) is 0. The summed E-state index contributed by atoms with van der Waals surface area (Å²) >= 11 is 14.6. The molecule has 9 aliphatic rings. The molecular weight excluding hydrogens is 1690 g/mol. The Kier molecular flexibility index (Phi) is 25.6. The fraction of sp³-hybridized carbons (Fsp3) is 0.362. The van der Waals surface area contributed by atoms with Crippen LogP contribution < -0.4 is 72.0 Å². The molecule has 3 fully saturated rings. The van der Waals surface area contributed by atoms with E-state index in [0.717, 1.165) is 98.8 Å². The van der Waals surface area contributed by atoms with Crippen LogP contribution in [0.1, 0.15) is 89.1 Å². The molecule has 9 heterocycles. The normalized spacial score (nSPS) is 29.9. The molecule has 0 aliphatic carbocycles. The summed E-state index contributed by atoms with van der Waals surface area (Å²) < 4.78 is 56.7. The number of carboxylic acids is 1. The van der Waals surface area contributed by atoms with Crippen LogP contribution in [0.15, 0.2) is 115 Å². The zero-order valence-corrected chi connectivity index (χ0v) is 66.0. The SMILES string of the molecule is CC(=O)NC1[C@H](Oc2c3cc4cc2Oc2ccc(cc2Cl)[C@@H](O[C@@H]2OC(CO)[C@@H](O)C(O)[C@@H]2NC(C)=O)[C@@H]2NC(=O)[C@H](NC(=O)[C@@H]4NC(=O)[C@H]4NC(=O)[C@@H](Cc5ccc(c(Cl)c5)O3)NC(=O)[C@H](N)c3ccc(O)c(c3)Oc3cc(O)cc4c3)c3ccc(O)c(c3)-c3c(O[C@H]4OC(CO)[C@@H](O)[C@@H](O)C4O)cc(O)cc3[C@@H](C(=O)O)NC2=O)OC(CO)[C@@H](O)[C@@H]1O. The topological polar surface area (TPSA) is 662 Å². The Labute approximate surface area is 708 Å². The molecule has 0 aromatic heterocycles. The van der Waals surface area contributed by atoms with Crippen molar-refractivity contribution in [1.29, 1.82) is 0 Å². The molecule has 16 rings (SSSR count). The molecule has 7 aromatic carbocycles. The molecule has 0 radical (unpaired) electrons. The molecule has 44 heteroatoms. The molecule has 23 atom stereocenters. The van der Waals surface area contributed by atoms with Crippen LogP contribution in [0.3, 0.4) is 0 Å². The third kappa shape index (κ3) is 17.9. The molecule has 8 amide bonds. The largest absolute Gasteiger partial charge is 0.508 e. The highest BCUT2D eigenvalue weighted by atomic mass is 35.5. The van der Waals surface area contributed by atoms with Crippen LogP contribution in [0.4, 0.5) is 0 Å². The number of ether oxygens (including phenoxy) is 9. The van der Waals surface area contributed by atoms with E-state index in [-0.39, 0.29) is 33.4 Å². The van der Waals surface area contributed by atoms with Gasteiger partial charge in [0.2, 0.25) is 65.6 Å². The van der Waals surface area contributed by atoms with Crippen molar-refractivity contribution in [3.63, 3.8) is 0 Å². The third-order valence-corrected chi connectivity index (χ3v) is 22.1. The number of hydrogen-bond donors (Lipinski definition) is 24. The molecule has 7 aromatic rings. The standard InChI is InChI=1S/C80H81Cl2N9O33/c1-26(95)84-59-65(104)62(101)50(23-92)120-78(59)123-69-31-6-10-45(40(82)16-31)118-49-19-33-18-48(70(49)124-79-60(85-27(2)96)66(105)63(102)51(24-93)121-79)117-44-9-3-28(11-39(44)81)12-41-71(108)87-56(32-13-34(97)20-36(14-32)116-46-17-29(4-8-43(46)100)54(83)72(109)86-41)74(111)89-57(33)75(112)88-55-30-5-7-42(99)37(15-30)53-38(58(77(114)115)90-76(113)61(69)91-73(55)110)21-35(98)22-47(53)119-80-68(107)67(106)64(103)52(25-94)122-80/h3-11,13-22,41,50-52,54-69,78-80,92-94,97-107H,12,23-25,83H2,1-2H3,(H,84,95)(H,85,96)(H,86,109)(H,87,108)(H,88,112)(H,89,111)(H,90,113)(H,91,110)(H,114,115)/t41-,50?,51?,52?,54-,55-,56+,57-,58+,59+,60?,61+,62-,63-,64-,65?,66-,67-,68?,69-,78+,79+,80+/m1/s1. The molecule has 3 saturated heterocycles. The van der Waals surface area contributed by atoms with Gasteiger partial charge in [-0.3, -0.25) is 38.4 Å². The van der Waals surface area contributed by atoms with Crippen molar-refractivity contribution in [3.05, 3.63) is 164 Å². The van der Waals surface area contributed by atoms with Crippen LogP contribution in [-0.2, 0) is 68.5 Å². The van der Waals surface area contributed by atoms with E-state index in [2.05, 4.69) is 42.5 Å². The number of carbonyl (C=O) groups is 9. The summed E-state index contributed by atoms with van der Waals surface area (Å²) in [5.74, 6) is -19.8. The van der Waals surface area contributed by atoms with Crippen LogP contribution >= 0.6 is 23.2 Å². The van der Waals surface area contributed by atoms with E-state index < -0.39 is 316 Å². The van der Waals surface area contributed by atoms with Gasteiger partial charge >= 0.3 is 5.97 Å². The molecular formula is C80H81Cl2N9O33. The molecule has 0 saturated carbocycles. The van der Waals surface area contributed by atoms with Gasteiger partial charge in [0.15, 0.2) is 35.3 Å². The minimum atomic E-state index is -2.59. The van der Waals surface area contributed by atoms with E-state index in [1.807, 2.05) is 0 Å². The highest BCUT2D eigenvalue weighted by molar-refractivity contribution is 6.32. The Morgan fingerprint density at radius 3 is 1.60 bits per heavy atom. The first kappa shape index (κ1) is 88.3. The summed E-state index contributed by atoms with van der Waals surface area (Å²) in [5, 5.41) is 188. The van der Waals surface area contributed by atoms with Crippen LogP contribution in [0.25, 0.3) is 11.1 Å². The number of aliphatic carboxylic acids is 1. The number of nitrogens with two attached hydrogens (primary N) is 1. The van der Waals surface area contributed by atoms with Crippen molar-refractivity contribution >= 4 is 76.4 Å². The number of rotatable bonds is 12. The number of carbonyl (C=O) groups excluding carboxylic acids is 8. The van der Waals surface area contributed by atoms with E-state index in [0.29, 0.717) is 0 Å². The van der Waals surface area contributed by atoms with Gasteiger partial charge in [-0.1, -0.05) is 47.5 Å². The number of carboxylic acid groups (broad SMARTS) is 1. The lowest BCUT2D eigenvalue weighted by atomic mass is 9.89. The average Bonchev–Trinajstić information content (AvgIpc) is 0.758. The number of aromatic hydroxyl groups is 4. The highest BCUT2D eigenvalue weighted by Gasteiger charge is 2.52. The monoisotopic (exact) mass is 1770 g/mol. The van der Waals surface area contributed by atoms with Gasteiger partial charge in [0.1, 0.15) is 156 Å². The maximum atomic E-state index is 16.9. The Morgan fingerprint density at radius 1 is 0.476 bits per heavy atom. The number of aliphatic hydroxyl groups excluding tert-OH is 10. The lowest BCUT2D eigenvalue weighted by molar-refractivity contribution is -0.284. The van der Waals surface area contributed by atoms with Gasteiger partial charge in [-0.15, -0.1) is 0 Å². The fourth-order valence-electron chi connectivity index (χ4n) is 15.3. The summed E-state index contributed by atoms with van der Waals surface area (Å²) in [6.07, 6.45) is -29.2. The number of phenolic OH excluding ortho intramolecular Hbond substituents is 4. The van der Waals surface area contributed by atoms with Gasteiger partial charge in [0.25, 0.3) is 0 Å². The van der Waals surface area contributed by atoms with Gasteiger partial charge in [0, 0.05) is 49.1 Å². The van der Waals surface area contributed by atoms with E-state index in [4.69, 9.17) is 71.6 Å². The minimum Gasteiger partial charge on any atom is -0.508 e. The van der Waals surface area contributed by atoms with Crippen molar-refractivity contribution in [1.82, 2.24) is 42.5 Å². The number of halogens is 2. The zero-order chi connectivity index (χ0) is 89.0. The van der Waals surface area contributed by atoms with Crippen LogP contribution in [0, 0.1) is 0 Å². The molecule has 42 nitrogen and oxygen atoms in total. The van der Waals surface area contributed by atoms with Gasteiger partial charge in [-0.25, -0.2) is 4.79 Å². The second kappa shape index (κ2) is 36.0. The summed E-state index contributed by atoms with van der Waals surface area (Å²) in [6.45, 7) is -1.16. The smallest absolute Gasteiger partial charge is 0.330 e. The van der Waals surface area contributed by atoms with Crippen LogP contribution in [-0.4, -0.2) is 254 Å². The predicted octanol–water partition coefficient (Wildman–Crippen LogP) is -1.96. The maximum absolute atomic E-state index is 16.9. The first-order valence-corrected chi connectivity index (χ1v) is 38.8. The van der Waals surface area contributed by atoms with Crippen LogP contribution in [0.2, 0.25) is 10.0 Å². The molecule has 9 aliphatic heterocycles. The zero-order valence-electron chi connectivity index (χ0n) is 64.5. The number of aliphatic hydroxyl groups is 10. The molecule has 658 valence electrons. The van der Waals surface area contributed by atoms with Crippen molar-refractivity contribution in [2.45, 2.75) is 161 Å². The predicted molar refractivity (Wildman–Crippen MR) is 416 cm³/mol. The summed E-state index contributed by atoms with van der Waals surface area (Å²) in [5.41, 5.74) is 2.71. The van der Waals surface area contributed by atoms with Crippen molar-refractivity contribution in [2.75, 3.05) is 19.8 Å². The first-order chi connectivity index (χ1) is 59.0. The summed E-state index contributed by atoms with van der Waals surface area (Å²) in [4.78, 5) is 136. The average molecular weight is 1770 g/mol. The second-order valence-corrected chi connectivity index (χ2v) is 30.8. The third-order valence-electron chi connectivity index (χ3n) is 21.5. The Morgan fingerprint density at radius 2 is 1.00 bits per heavy atom. The van der Waals surface area contributed by atoms with E-state index in [1.165, 1.54) is 30.3 Å². The number of fused-ring (bicyclic) bond motifs is 14. The molecule has 17 bridgehead atoms. The number of hydrogen-bond acceptors (Lipinski definition) is 33. The number of amides is 8. The minimum absolute atomic E-state index is 0.0241. The molecule has 124 heavy (non-hydrogen) atoms. The highest BCUT2D eigenvalue weighted by Crippen LogP contribution is 2.51. The van der Waals surface area contributed by atoms with Gasteiger partial charge in [-0.2, -0.15) is 0 Å². The van der Waals surface area contributed by atoms with Crippen molar-refractivity contribution < 1.29 is 162 Å². The van der Waals surface area contributed by atoms with E-state index in [1.54, 1.807) is 0 Å². The van der Waals surface area contributed by atoms with E-state index >= 15 is 24.0 Å². The van der Waals surface area contributed by atoms with Gasteiger partial charge in [0.05, 0.1) is 29.9 Å². The summed E-state index contributed by atoms with van der Waals surface area (Å²) in [6, 6.07) is 0.427. The molecule has 25 N–H and O–H groups in total. The lowest BCUT2D eigenvalue weighted by Gasteiger charge is -2.44. The Bertz CT molecular complexity index is 5380. The number of benzene rings is 7. The lowest BCUT2D eigenvalue weighted by Crippen LogP contribution is -2.65. The molecule has 0 spiro atoms. The molecule has 6 unspecified atom stereocenters. The fourth-order valence-corrected chi connectivity index (χ4v) is 15.7. The first-order valence-electron chi connectivity index (χ1n) is 38.0. The number of phenols is 4. The Hall–Kier alpha value is -12.1. The van der Waals surface area contributed by atoms with Crippen LogP contribution in [0.5, 0.6) is 69.0 Å². The van der Waals surface area contributed by atoms with Crippen molar-refractivity contribution in [3.8, 4) is 80.1 Å².